The molecule has 0 saturated carbocycles. The second kappa shape index (κ2) is 11.0. The van der Waals surface area contributed by atoms with Crippen molar-refractivity contribution < 1.29 is 9.53 Å². The Morgan fingerprint density at radius 2 is 1.72 bits per heavy atom. The summed E-state index contributed by atoms with van der Waals surface area (Å²) in [6, 6.07) is 21.5. The number of hydrogen-bond donors (Lipinski definition) is 0. The molecule has 2 aromatic heterocycles. The molecule has 3 heterocycles. The molecule has 4 aromatic rings. The summed E-state index contributed by atoms with van der Waals surface area (Å²) in [6.07, 6.45) is 5.35. The SMILES string of the molecule is COC(=O)C(CN1CCC(c2cc(-c3ccc(Cl)cc3)nn2-c2ncccn2)CC1)c1ccccc1. The van der Waals surface area contributed by atoms with Gasteiger partial charge in [0.15, 0.2) is 0 Å². The first-order chi connectivity index (χ1) is 17.6. The molecule has 1 unspecified atom stereocenters. The van der Waals surface area contributed by atoms with Gasteiger partial charge in [-0.25, -0.2) is 14.6 Å². The number of carbonyl (C=O) groups is 1. The van der Waals surface area contributed by atoms with Crippen LogP contribution in [-0.4, -0.2) is 57.4 Å². The number of aromatic nitrogens is 4. The van der Waals surface area contributed by atoms with Crippen molar-refractivity contribution in [2.24, 2.45) is 0 Å². The molecule has 7 nitrogen and oxygen atoms in total. The second-order valence-corrected chi connectivity index (χ2v) is 9.42. The van der Waals surface area contributed by atoms with E-state index >= 15 is 0 Å². The van der Waals surface area contributed by atoms with Gasteiger partial charge in [-0.1, -0.05) is 54.1 Å². The van der Waals surface area contributed by atoms with E-state index in [1.165, 1.54) is 7.11 Å². The van der Waals surface area contributed by atoms with Crippen LogP contribution in [0.25, 0.3) is 17.2 Å². The second-order valence-electron chi connectivity index (χ2n) is 8.98. The molecule has 1 aliphatic heterocycles. The first kappa shape index (κ1) is 24.2. The lowest BCUT2D eigenvalue weighted by Crippen LogP contribution is -2.38. The maximum Gasteiger partial charge on any atom is 0.314 e. The Hall–Kier alpha value is -3.55. The van der Waals surface area contributed by atoms with Gasteiger partial charge in [-0.3, -0.25) is 4.79 Å². The number of methoxy groups -OCH3 is 1. The van der Waals surface area contributed by atoms with Gasteiger partial charge in [0, 0.05) is 35.4 Å². The Morgan fingerprint density at radius 1 is 1.03 bits per heavy atom. The predicted molar refractivity (Wildman–Crippen MR) is 139 cm³/mol. The topological polar surface area (TPSA) is 73.1 Å². The fourth-order valence-electron chi connectivity index (χ4n) is 4.82. The molecule has 0 aliphatic carbocycles. The zero-order valence-electron chi connectivity index (χ0n) is 20.1. The summed E-state index contributed by atoms with van der Waals surface area (Å²) in [5.74, 6) is 0.361. The molecule has 5 rings (SSSR count). The number of esters is 1. The lowest BCUT2D eigenvalue weighted by molar-refractivity contribution is -0.143. The number of carbonyl (C=O) groups excluding carboxylic acids is 1. The van der Waals surface area contributed by atoms with Gasteiger partial charge in [0.2, 0.25) is 0 Å². The summed E-state index contributed by atoms with van der Waals surface area (Å²) in [4.78, 5) is 23.8. The van der Waals surface area contributed by atoms with Crippen LogP contribution in [0.1, 0.15) is 35.9 Å². The highest BCUT2D eigenvalue weighted by Crippen LogP contribution is 2.33. The van der Waals surface area contributed by atoms with Crippen molar-refractivity contribution in [3.05, 3.63) is 95.4 Å². The third kappa shape index (κ3) is 5.32. The standard InChI is InChI=1S/C28H28ClN5O2/c1-36-27(35)24(20-6-3-2-4-7-20)19-33-16-12-22(13-17-33)26-18-25(21-8-10-23(29)11-9-21)32-34(26)28-30-14-5-15-31-28/h2-11,14-15,18,22,24H,12-13,16-17,19H2,1H3. The first-order valence-electron chi connectivity index (χ1n) is 12.1. The zero-order valence-corrected chi connectivity index (χ0v) is 20.9. The summed E-state index contributed by atoms with van der Waals surface area (Å²) in [6.45, 7) is 2.39. The molecule has 2 aromatic carbocycles. The predicted octanol–water partition coefficient (Wildman–Crippen LogP) is 5.12. The van der Waals surface area contributed by atoms with Crippen LogP contribution >= 0.6 is 11.6 Å². The summed E-state index contributed by atoms with van der Waals surface area (Å²) in [7, 11) is 1.45. The van der Waals surface area contributed by atoms with Crippen molar-refractivity contribution in [1.82, 2.24) is 24.6 Å². The number of piperidine rings is 1. The Balaban J connectivity index is 1.36. The van der Waals surface area contributed by atoms with E-state index < -0.39 is 0 Å². The Kier molecular flexibility index (Phi) is 7.39. The minimum Gasteiger partial charge on any atom is -0.469 e. The zero-order chi connectivity index (χ0) is 24.9. The molecular formula is C28H28ClN5O2. The lowest BCUT2D eigenvalue weighted by atomic mass is 9.91. The van der Waals surface area contributed by atoms with Crippen LogP contribution in [0.15, 0.2) is 79.1 Å². The van der Waals surface area contributed by atoms with E-state index in [-0.39, 0.29) is 11.9 Å². The Bertz CT molecular complexity index is 1290. The van der Waals surface area contributed by atoms with Crippen LogP contribution in [0, 0.1) is 0 Å². The summed E-state index contributed by atoms with van der Waals surface area (Å²) >= 11 is 6.09. The third-order valence-corrected chi connectivity index (χ3v) is 7.00. The number of hydrogen-bond acceptors (Lipinski definition) is 6. The van der Waals surface area contributed by atoms with E-state index in [1.54, 1.807) is 18.5 Å². The largest absolute Gasteiger partial charge is 0.469 e. The first-order valence-corrected chi connectivity index (χ1v) is 12.5. The number of likely N-dealkylation sites (tertiary alicyclic amines) is 1. The molecule has 1 saturated heterocycles. The molecule has 1 aliphatic rings. The van der Waals surface area contributed by atoms with Gasteiger partial charge >= 0.3 is 5.97 Å². The van der Waals surface area contributed by atoms with E-state index in [1.807, 2.05) is 59.3 Å². The molecule has 0 N–H and O–H groups in total. The molecule has 8 heteroatoms. The summed E-state index contributed by atoms with van der Waals surface area (Å²) in [5.41, 5.74) is 3.94. The maximum absolute atomic E-state index is 12.5. The molecule has 0 amide bonds. The van der Waals surface area contributed by atoms with Crippen molar-refractivity contribution in [2.75, 3.05) is 26.7 Å². The molecule has 0 radical (unpaired) electrons. The fraction of sp³-hybridized carbons (Fsp3) is 0.286. The number of rotatable bonds is 7. The smallest absolute Gasteiger partial charge is 0.314 e. The Morgan fingerprint density at radius 3 is 2.39 bits per heavy atom. The van der Waals surface area contributed by atoms with E-state index in [9.17, 15) is 4.79 Å². The van der Waals surface area contributed by atoms with Gasteiger partial charge in [-0.2, -0.15) is 5.10 Å². The molecule has 1 atom stereocenters. The monoisotopic (exact) mass is 501 g/mol. The van der Waals surface area contributed by atoms with Crippen molar-refractivity contribution >= 4 is 17.6 Å². The average Bonchev–Trinajstić information content (AvgIpc) is 3.38. The molecule has 184 valence electrons. The molecule has 0 bridgehead atoms. The normalized spacial score (nSPS) is 15.5. The van der Waals surface area contributed by atoms with E-state index in [0.29, 0.717) is 23.4 Å². The van der Waals surface area contributed by atoms with E-state index in [2.05, 4.69) is 20.9 Å². The summed E-state index contributed by atoms with van der Waals surface area (Å²) < 4.78 is 6.98. The van der Waals surface area contributed by atoms with E-state index in [0.717, 1.165) is 48.4 Å². The minimum absolute atomic E-state index is 0.199. The highest BCUT2D eigenvalue weighted by Gasteiger charge is 2.29. The molecule has 36 heavy (non-hydrogen) atoms. The van der Waals surface area contributed by atoms with Crippen molar-refractivity contribution in [1.29, 1.82) is 0 Å². The highest BCUT2D eigenvalue weighted by atomic mass is 35.5. The van der Waals surface area contributed by atoms with Gasteiger partial charge in [-0.15, -0.1) is 0 Å². The van der Waals surface area contributed by atoms with Crippen LogP contribution in [0.4, 0.5) is 0 Å². The van der Waals surface area contributed by atoms with Gasteiger partial charge in [0.05, 0.1) is 24.4 Å². The quantitative estimate of drug-likeness (QED) is 0.327. The summed E-state index contributed by atoms with van der Waals surface area (Å²) in [5, 5.41) is 5.56. The maximum atomic E-state index is 12.5. The number of halogens is 1. The van der Waals surface area contributed by atoms with Gasteiger partial charge in [-0.05, 0) is 55.8 Å². The van der Waals surface area contributed by atoms with Crippen LogP contribution in [0.2, 0.25) is 5.02 Å². The number of nitrogens with zero attached hydrogens (tertiary/aromatic N) is 5. The van der Waals surface area contributed by atoms with Gasteiger partial charge < -0.3 is 9.64 Å². The third-order valence-electron chi connectivity index (χ3n) is 6.75. The van der Waals surface area contributed by atoms with Crippen LogP contribution in [-0.2, 0) is 9.53 Å². The van der Waals surface area contributed by atoms with Gasteiger partial charge in [0.1, 0.15) is 0 Å². The fourth-order valence-corrected chi connectivity index (χ4v) is 4.95. The number of ether oxygens (including phenoxy) is 1. The molecule has 0 spiro atoms. The average molecular weight is 502 g/mol. The van der Waals surface area contributed by atoms with Gasteiger partial charge in [0.25, 0.3) is 5.95 Å². The van der Waals surface area contributed by atoms with Crippen LogP contribution < -0.4 is 0 Å². The lowest BCUT2D eigenvalue weighted by Gasteiger charge is -2.33. The van der Waals surface area contributed by atoms with Crippen LogP contribution in [0.5, 0.6) is 0 Å². The van der Waals surface area contributed by atoms with Crippen molar-refractivity contribution in [3.63, 3.8) is 0 Å². The van der Waals surface area contributed by atoms with Crippen LogP contribution in [0.3, 0.4) is 0 Å². The number of benzene rings is 2. The highest BCUT2D eigenvalue weighted by molar-refractivity contribution is 6.30. The Labute approximate surface area is 215 Å². The molecular weight excluding hydrogens is 474 g/mol. The van der Waals surface area contributed by atoms with Crippen molar-refractivity contribution in [2.45, 2.75) is 24.7 Å². The molecule has 1 fully saturated rings. The van der Waals surface area contributed by atoms with Crippen molar-refractivity contribution in [3.8, 4) is 17.2 Å². The minimum atomic E-state index is -0.299. The van der Waals surface area contributed by atoms with E-state index in [4.69, 9.17) is 21.4 Å².